The van der Waals surface area contributed by atoms with Crippen molar-refractivity contribution in [2.24, 2.45) is 0 Å². The van der Waals surface area contributed by atoms with Crippen LogP contribution in [0.4, 0.5) is 17.1 Å². The second kappa shape index (κ2) is 9.96. The maximum atomic E-state index is 13.1. The number of methoxy groups -OCH3 is 1. The van der Waals surface area contributed by atoms with Gasteiger partial charge in [-0.2, -0.15) is 0 Å². The predicted octanol–water partition coefficient (Wildman–Crippen LogP) is 4.63. The number of ether oxygens (including phenoxy) is 2. The number of carbonyl (C=O) groups excluding carboxylic acids is 1. The van der Waals surface area contributed by atoms with Crippen molar-refractivity contribution in [1.82, 2.24) is 0 Å². The number of anilines is 2. The molecular formula is C22H27N3O5. The number of rotatable bonds is 7. The van der Waals surface area contributed by atoms with E-state index in [4.69, 9.17) is 9.47 Å². The van der Waals surface area contributed by atoms with Crippen LogP contribution in [0.1, 0.15) is 43.0 Å². The molecule has 2 aromatic rings. The molecular weight excluding hydrogens is 386 g/mol. The van der Waals surface area contributed by atoms with Crippen molar-refractivity contribution < 1.29 is 19.2 Å². The first-order chi connectivity index (χ1) is 14.5. The van der Waals surface area contributed by atoms with Gasteiger partial charge in [-0.05, 0) is 31.9 Å². The Morgan fingerprint density at radius 2 is 1.83 bits per heavy atom. The van der Waals surface area contributed by atoms with Crippen LogP contribution in [0.5, 0.6) is 11.5 Å². The van der Waals surface area contributed by atoms with E-state index < -0.39 is 10.8 Å². The quantitative estimate of drug-likeness (QED) is 0.525. The average Bonchev–Trinajstić information content (AvgIpc) is 3.03. The summed E-state index contributed by atoms with van der Waals surface area (Å²) >= 11 is 0. The van der Waals surface area contributed by atoms with E-state index in [-0.39, 0.29) is 22.7 Å². The third-order valence-electron chi connectivity index (χ3n) is 5.12. The molecule has 1 aliphatic heterocycles. The van der Waals surface area contributed by atoms with Gasteiger partial charge in [-0.15, -0.1) is 0 Å². The van der Waals surface area contributed by atoms with Gasteiger partial charge in [0.05, 0.1) is 36.1 Å². The van der Waals surface area contributed by atoms with Gasteiger partial charge < -0.3 is 19.7 Å². The molecule has 1 heterocycles. The predicted molar refractivity (Wildman–Crippen MR) is 116 cm³/mol. The Morgan fingerprint density at radius 1 is 1.13 bits per heavy atom. The Hall–Kier alpha value is -3.29. The van der Waals surface area contributed by atoms with Crippen molar-refractivity contribution >= 4 is 23.0 Å². The zero-order chi connectivity index (χ0) is 21.5. The molecule has 1 N–H and O–H groups in total. The highest BCUT2D eigenvalue weighted by Gasteiger charge is 2.26. The van der Waals surface area contributed by atoms with E-state index in [0.717, 1.165) is 31.6 Å². The van der Waals surface area contributed by atoms with Crippen LogP contribution in [0.2, 0.25) is 0 Å². The van der Waals surface area contributed by atoms with E-state index in [0.29, 0.717) is 12.3 Å². The smallest absolute Gasteiger partial charge is 0.286 e. The number of benzene rings is 2. The first-order valence-corrected chi connectivity index (χ1v) is 10.2. The van der Waals surface area contributed by atoms with Gasteiger partial charge in [0.1, 0.15) is 5.56 Å². The lowest BCUT2D eigenvalue weighted by molar-refractivity contribution is -0.385. The van der Waals surface area contributed by atoms with Gasteiger partial charge >= 0.3 is 0 Å². The Balaban J connectivity index is 1.94. The van der Waals surface area contributed by atoms with Crippen LogP contribution in [0.25, 0.3) is 0 Å². The van der Waals surface area contributed by atoms with Crippen molar-refractivity contribution in [3.63, 3.8) is 0 Å². The van der Waals surface area contributed by atoms with E-state index in [1.54, 1.807) is 6.92 Å². The van der Waals surface area contributed by atoms with Gasteiger partial charge in [0.2, 0.25) is 0 Å². The van der Waals surface area contributed by atoms with Crippen LogP contribution in [0, 0.1) is 10.1 Å². The number of para-hydroxylation sites is 2. The molecule has 0 bridgehead atoms. The van der Waals surface area contributed by atoms with Gasteiger partial charge in [0.25, 0.3) is 11.6 Å². The van der Waals surface area contributed by atoms with Gasteiger partial charge in [-0.3, -0.25) is 14.9 Å². The molecule has 3 rings (SSSR count). The molecule has 0 saturated carbocycles. The number of amides is 1. The van der Waals surface area contributed by atoms with Gasteiger partial charge in [0, 0.05) is 19.2 Å². The first-order valence-electron chi connectivity index (χ1n) is 10.2. The molecule has 160 valence electrons. The number of nitrogens with one attached hydrogen (secondary N) is 1. The summed E-state index contributed by atoms with van der Waals surface area (Å²) in [4.78, 5) is 26.3. The first kappa shape index (κ1) is 21.4. The van der Waals surface area contributed by atoms with Crippen molar-refractivity contribution in [1.29, 1.82) is 0 Å². The standard InChI is InChI=1S/C22H27N3O5/c1-3-30-21-14-16(19(25(27)28)15-20(21)29-2)22(26)23-17-10-6-7-11-18(17)24-12-8-4-5-9-13-24/h6-7,10-11,14-15H,3-5,8-9,12-13H2,1-2H3,(H,23,26). The van der Waals surface area contributed by atoms with Crippen LogP contribution in [-0.2, 0) is 0 Å². The number of nitrogens with zero attached hydrogens (tertiary/aromatic N) is 2. The van der Waals surface area contributed by atoms with Crippen LogP contribution in [0.15, 0.2) is 36.4 Å². The summed E-state index contributed by atoms with van der Waals surface area (Å²) in [5.74, 6) is -0.0609. The van der Waals surface area contributed by atoms with Gasteiger partial charge in [0.15, 0.2) is 11.5 Å². The van der Waals surface area contributed by atoms with Gasteiger partial charge in [-0.1, -0.05) is 25.0 Å². The second-order valence-electron chi connectivity index (χ2n) is 7.08. The lowest BCUT2D eigenvalue weighted by atomic mass is 10.1. The van der Waals surface area contributed by atoms with E-state index >= 15 is 0 Å². The molecule has 1 fully saturated rings. The summed E-state index contributed by atoms with van der Waals surface area (Å²) < 4.78 is 10.7. The lowest BCUT2D eigenvalue weighted by Gasteiger charge is -2.25. The van der Waals surface area contributed by atoms with Crippen LogP contribution >= 0.6 is 0 Å². The number of nitro benzene ring substituents is 1. The van der Waals surface area contributed by atoms with Crippen LogP contribution in [-0.4, -0.2) is 37.6 Å². The number of nitro groups is 1. The fourth-order valence-corrected chi connectivity index (χ4v) is 3.67. The fourth-order valence-electron chi connectivity index (χ4n) is 3.67. The zero-order valence-electron chi connectivity index (χ0n) is 17.3. The minimum atomic E-state index is -0.589. The molecule has 8 nitrogen and oxygen atoms in total. The molecule has 0 unspecified atom stereocenters. The van der Waals surface area contributed by atoms with E-state index in [1.807, 2.05) is 24.3 Å². The molecule has 2 aromatic carbocycles. The number of hydrogen-bond acceptors (Lipinski definition) is 6. The molecule has 30 heavy (non-hydrogen) atoms. The highest BCUT2D eigenvalue weighted by Crippen LogP contribution is 2.36. The maximum absolute atomic E-state index is 13.1. The summed E-state index contributed by atoms with van der Waals surface area (Å²) in [6.45, 7) is 3.97. The molecule has 8 heteroatoms. The summed E-state index contributed by atoms with van der Waals surface area (Å²) in [6, 6.07) is 10.1. The molecule has 1 amide bonds. The SMILES string of the molecule is CCOc1cc(C(=O)Nc2ccccc2N2CCCCCC2)c([N+](=O)[O-])cc1OC. The van der Waals surface area contributed by atoms with Crippen molar-refractivity contribution in [2.75, 3.05) is 37.0 Å². The fraction of sp³-hybridized carbons (Fsp3) is 0.409. The molecule has 0 atom stereocenters. The van der Waals surface area contributed by atoms with Crippen LogP contribution < -0.4 is 19.7 Å². The second-order valence-corrected chi connectivity index (χ2v) is 7.08. The summed E-state index contributed by atoms with van der Waals surface area (Å²) in [7, 11) is 1.40. The Labute approximate surface area is 175 Å². The lowest BCUT2D eigenvalue weighted by Crippen LogP contribution is -2.25. The van der Waals surface area contributed by atoms with E-state index in [1.165, 1.54) is 32.1 Å². The normalized spacial score (nSPS) is 14.0. The zero-order valence-corrected chi connectivity index (χ0v) is 17.3. The van der Waals surface area contributed by atoms with Gasteiger partial charge in [-0.25, -0.2) is 0 Å². The van der Waals surface area contributed by atoms with E-state index in [2.05, 4.69) is 10.2 Å². The molecule has 1 saturated heterocycles. The minimum Gasteiger partial charge on any atom is -0.493 e. The van der Waals surface area contributed by atoms with E-state index in [9.17, 15) is 14.9 Å². The number of hydrogen-bond donors (Lipinski definition) is 1. The average molecular weight is 413 g/mol. The highest BCUT2D eigenvalue weighted by molar-refractivity contribution is 6.09. The molecule has 0 radical (unpaired) electrons. The summed E-state index contributed by atoms with van der Waals surface area (Å²) in [5.41, 5.74) is 1.15. The Kier molecular flexibility index (Phi) is 7.11. The molecule has 0 spiro atoms. The minimum absolute atomic E-state index is 0.0741. The maximum Gasteiger partial charge on any atom is 0.286 e. The monoisotopic (exact) mass is 413 g/mol. The number of carbonyl (C=O) groups is 1. The Bertz CT molecular complexity index is 908. The summed E-state index contributed by atoms with van der Waals surface area (Å²) in [5, 5.41) is 14.5. The molecule has 0 aliphatic carbocycles. The van der Waals surface area contributed by atoms with Crippen molar-refractivity contribution in [3.8, 4) is 11.5 Å². The largest absolute Gasteiger partial charge is 0.493 e. The summed E-state index contributed by atoms with van der Waals surface area (Å²) in [6.07, 6.45) is 4.60. The highest BCUT2D eigenvalue weighted by atomic mass is 16.6. The third kappa shape index (κ3) is 4.82. The third-order valence-corrected chi connectivity index (χ3v) is 5.12. The van der Waals surface area contributed by atoms with Crippen molar-refractivity contribution in [2.45, 2.75) is 32.6 Å². The van der Waals surface area contributed by atoms with Crippen LogP contribution in [0.3, 0.4) is 0 Å². The Morgan fingerprint density at radius 3 is 2.47 bits per heavy atom. The molecule has 0 aromatic heterocycles. The van der Waals surface area contributed by atoms with Crippen molar-refractivity contribution in [3.05, 3.63) is 52.1 Å². The molecule has 1 aliphatic rings. The topological polar surface area (TPSA) is 93.9 Å².